The van der Waals surface area contributed by atoms with E-state index < -0.39 is 11.4 Å². The summed E-state index contributed by atoms with van der Waals surface area (Å²) in [5.41, 5.74) is 7.25. The summed E-state index contributed by atoms with van der Waals surface area (Å²) in [4.78, 5) is 23.4. The van der Waals surface area contributed by atoms with Gasteiger partial charge in [-0.1, -0.05) is 19.3 Å². The third kappa shape index (κ3) is 1.80. The average molecular weight is 299 g/mol. The van der Waals surface area contributed by atoms with Gasteiger partial charge in [-0.2, -0.15) is 0 Å². The van der Waals surface area contributed by atoms with Gasteiger partial charge in [0.2, 0.25) is 0 Å². The Morgan fingerprint density at radius 3 is 2.73 bits per heavy atom. The lowest BCUT2D eigenvalue weighted by Crippen LogP contribution is -2.52. The van der Waals surface area contributed by atoms with Crippen molar-refractivity contribution in [2.45, 2.75) is 37.6 Å². The molecule has 1 aromatic heterocycles. The predicted molar refractivity (Wildman–Crippen MR) is 81.6 cm³/mol. The fourth-order valence-corrected chi connectivity index (χ4v) is 3.77. The van der Waals surface area contributed by atoms with Gasteiger partial charge in [0, 0.05) is 10.9 Å². The molecule has 1 aliphatic heterocycles. The molecule has 2 heterocycles. The second-order valence-corrected chi connectivity index (χ2v) is 6.10. The number of carbonyl (C=O) groups is 2. The second-order valence-electron chi connectivity index (χ2n) is 6.10. The molecule has 1 saturated carbocycles. The number of anilines is 1. The Morgan fingerprint density at radius 1 is 1.23 bits per heavy atom. The zero-order chi connectivity index (χ0) is 15.3. The Balaban J connectivity index is 1.99. The molecule has 2 aliphatic rings. The number of carbonyl (C=O) groups excluding carboxylic acids is 2. The van der Waals surface area contributed by atoms with E-state index in [0.717, 1.165) is 42.3 Å². The van der Waals surface area contributed by atoms with E-state index in [1.165, 1.54) is 6.42 Å². The summed E-state index contributed by atoms with van der Waals surface area (Å²) in [6.07, 6.45) is 5.03. The van der Waals surface area contributed by atoms with E-state index in [2.05, 4.69) is 10.6 Å². The fraction of sp³-hybridized carbons (Fsp3) is 0.375. The van der Waals surface area contributed by atoms with Crippen LogP contribution in [0.25, 0.3) is 11.0 Å². The van der Waals surface area contributed by atoms with Crippen LogP contribution in [0.1, 0.15) is 48.2 Å². The van der Waals surface area contributed by atoms with Gasteiger partial charge in [0.15, 0.2) is 5.76 Å². The van der Waals surface area contributed by atoms with Gasteiger partial charge in [0.25, 0.3) is 5.91 Å². The zero-order valence-electron chi connectivity index (χ0n) is 12.1. The average Bonchev–Trinajstić information content (AvgIpc) is 2.91. The Hall–Kier alpha value is -2.50. The first-order valence-corrected chi connectivity index (χ1v) is 7.55. The van der Waals surface area contributed by atoms with Crippen molar-refractivity contribution in [2.75, 3.05) is 5.32 Å². The molecule has 1 aromatic carbocycles. The minimum absolute atomic E-state index is 0.145. The molecule has 4 N–H and O–H groups in total. The Morgan fingerprint density at radius 2 is 2.00 bits per heavy atom. The molecule has 6 heteroatoms. The van der Waals surface area contributed by atoms with Gasteiger partial charge in [-0.15, -0.1) is 0 Å². The van der Waals surface area contributed by atoms with Gasteiger partial charge < -0.3 is 20.8 Å². The van der Waals surface area contributed by atoms with Crippen molar-refractivity contribution in [1.29, 1.82) is 0 Å². The van der Waals surface area contributed by atoms with Crippen molar-refractivity contribution in [3.8, 4) is 0 Å². The highest BCUT2D eigenvalue weighted by molar-refractivity contribution is 6.01. The van der Waals surface area contributed by atoms with Crippen LogP contribution in [-0.2, 0) is 5.54 Å². The number of fused-ring (bicyclic) bond motifs is 4. The molecule has 6 nitrogen and oxygen atoms in total. The molecular formula is C16H17N3O3. The van der Waals surface area contributed by atoms with E-state index in [4.69, 9.17) is 10.2 Å². The van der Waals surface area contributed by atoms with Crippen LogP contribution in [0.2, 0.25) is 0 Å². The second kappa shape index (κ2) is 4.50. The Kier molecular flexibility index (Phi) is 2.69. The molecule has 4 rings (SSSR count). The van der Waals surface area contributed by atoms with Crippen molar-refractivity contribution in [3.63, 3.8) is 0 Å². The summed E-state index contributed by atoms with van der Waals surface area (Å²) >= 11 is 0. The van der Waals surface area contributed by atoms with E-state index >= 15 is 0 Å². The minimum atomic E-state index is -0.588. The molecule has 0 unspecified atom stereocenters. The van der Waals surface area contributed by atoms with Crippen LogP contribution in [0.4, 0.5) is 10.5 Å². The smallest absolute Gasteiger partial charge is 0.319 e. The quantitative estimate of drug-likeness (QED) is 0.755. The monoisotopic (exact) mass is 299 g/mol. The molecule has 1 spiro atoms. The molecule has 22 heavy (non-hydrogen) atoms. The number of urea groups is 1. The highest BCUT2D eigenvalue weighted by Crippen LogP contribution is 2.46. The van der Waals surface area contributed by atoms with Gasteiger partial charge in [0.05, 0.1) is 11.2 Å². The Labute approximate surface area is 127 Å². The number of nitrogens with two attached hydrogens (primary N) is 1. The maximum absolute atomic E-state index is 12.0. The summed E-state index contributed by atoms with van der Waals surface area (Å²) in [7, 11) is 0. The van der Waals surface area contributed by atoms with Gasteiger partial charge in [-0.05, 0) is 31.0 Å². The Bertz CT molecular complexity index is 787. The molecule has 0 bridgehead atoms. The summed E-state index contributed by atoms with van der Waals surface area (Å²) < 4.78 is 5.72. The van der Waals surface area contributed by atoms with Crippen molar-refractivity contribution in [3.05, 3.63) is 29.5 Å². The first-order valence-electron chi connectivity index (χ1n) is 7.55. The summed E-state index contributed by atoms with van der Waals surface area (Å²) in [5.74, 6) is -0.443. The van der Waals surface area contributed by atoms with E-state index in [0.29, 0.717) is 5.58 Å². The lowest BCUT2D eigenvalue weighted by molar-refractivity contribution is 0.0975. The van der Waals surface area contributed by atoms with Gasteiger partial charge in [0.1, 0.15) is 5.58 Å². The number of furan rings is 1. The van der Waals surface area contributed by atoms with Crippen LogP contribution in [-0.4, -0.2) is 11.9 Å². The van der Waals surface area contributed by atoms with Crippen LogP contribution in [0.5, 0.6) is 0 Å². The van der Waals surface area contributed by atoms with Crippen molar-refractivity contribution in [1.82, 2.24) is 5.32 Å². The predicted octanol–water partition coefficient (Wildman–Crippen LogP) is 2.83. The van der Waals surface area contributed by atoms with Gasteiger partial charge >= 0.3 is 6.03 Å². The maximum atomic E-state index is 12.0. The topological polar surface area (TPSA) is 97.4 Å². The fourth-order valence-electron chi connectivity index (χ4n) is 3.77. The van der Waals surface area contributed by atoms with E-state index in [-0.39, 0.29) is 11.8 Å². The minimum Gasteiger partial charge on any atom is -0.450 e. The van der Waals surface area contributed by atoms with Crippen LogP contribution in [0.15, 0.2) is 22.6 Å². The van der Waals surface area contributed by atoms with Crippen LogP contribution in [0, 0.1) is 0 Å². The van der Waals surface area contributed by atoms with Crippen molar-refractivity contribution in [2.24, 2.45) is 5.73 Å². The highest BCUT2D eigenvalue weighted by Gasteiger charge is 2.42. The van der Waals surface area contributed by atoms with E-state index in [1.54, 1.807) is 6.07 Å². The molecule has 1 aliphatic carbocycles. The number of rotatable bonds is 1. The number of hydrogen-bond donors (Lipinski definition) is 3. The molecule has 2 aromatic rings. The van der Waals surface area contributed by atoms with Crippen LogP contribution in [0.3, 0.4) is 0 Å². The third-order valence-corrected chi connectivity index (χ3v) is 4.72. The summed E-state index contributed by atoms with van der Waals surface area (Å²) in [6, 6.07) is 5.18. The number of nitrogens with one attached hydrogen (secondary N) is 2. The molecule has 0 atom stereocenters. The van der Waals surface area contributed by atoms with Gasteiger partial charge in [-0.25, -0.2) is 4.79 Å². The molecule has 0 saturated heterocycles. The highest BCUT2D eigenvalue weighted by atomic mass is 16.3. The van der Waals surface area contributed by atoms with Gasteiger partial charge in [-0.3, -0.25) is 4.79 Å². The molecule has 1 fully saturated rings. The summed E-state index contributed by atoms with van der Waals surface area (Å²) in [5, 5.41) is 6.76. The lowest BCUT2D eigenvalue weighted by atomic mass is 9.74. The van der Waals surface area contributed by atoms with Crippen LogP contribution >= 0.6 is 0 Å². The first-order chi connectivity index (χ1) is 10.6. The summed E-state index contributed by atoms with van der Waals surface area (Å²) in [6.45, 7) is 0. The van der Waals surface area contributed by atoms with Crippen LogP contribution < -0.4 is 16.4 Å². The maximum Gasteiger partial charge on any atom is 0.319 e. The van der Waals surface area contributed by atoms with E-state index in [9.17, 15) is 9.59 Å². The molecule has 0 radical (unpaired) electrons. The molecule has 3 amide bonds. The van der Waals surface area contributed by atoms with Crippen molar-refractivity contribution < 1.29 is 14.0 Å². The van der Waals surface area contributed by atoms with E-state index in [1.807, 2.05) is 12.1 Å². The largest absolute Gasteiger partial charge is 0.450 e. The number of primary amides is 1. The lowest BCUT2D eigenvalue weighted by Gasteiger charge is -2.42. The zero-order valence-corrected chi connectivity index (χ0v) is 12.1. The molecule has 114 valence electrons. The number of hydrogen-bond acceptors (Lipinski definition) is 3. The normalized spacial score (nSPS) is 19.5. The first kappa shape index (κ1) is 13.2. The third-order valence-electron chi connectivity index (χ3n) is 4.72. The number of amides is 3. The standard InChI is InChI=1S/C16H17N3O3/c17-14(20)11-8-9-4-5-10-12(13(9)22-11)16(19-15(21)18-10)6-2-1-3-7-16/h4-5,8H,1-3,6-7H2,(H2,17,20)(H2,18,19,21). The number of benzene rings is 1. The molecular weight excluding hydrogens is 282 g/mol. The SMILES string of the molecule is NC(=O)c1cc2ccc3c(c2o1)C1(CCCCC1)NC(=O)N3. The van der Waals surface area contributed by atoms with Crippen molar-refractivity contribution >= 4 is 28.6 Å².